The molecule has 1 heterocycles. The Morgan fingerprint density at radius 1 is 1.60 bits per heavy atom. The molecule has 1 aliphatic rings. The van der Waals surface area contributed by atoms with E-state index in [4.69, 9.17) is 9.84 Å². The molecule has 0 spiro atoms. The van der Waals surface area contributed by atoms with E-state index >= 15 is 0 Å². The average molecular weight is 144 g/mol. The Labute approximate surface area is 62.2 Å². The van der Waals surface area contributed by atoms with Gasteiger partial charge in [0.1, 0.15) is 0 Å². The molecule has 1 saturated heterocycles. The highest BCUT2D eigenvalue weighted by atomic mass is 16.5. The molecule has 60 valence electrons. The number of aliphatic hydroxyl groups excluding tert-OH is 1. The summed E-state index contributed by atoms with van der Waals surface area (Å²) in [5.41, 5.74) is 0. The van der Waals surface area contributed by atoms with Gasteiger partial charge in [0.15, 0.2) is 0 Å². The summed E-state index contributed by atoms with van der Waals surface area (Å²) in [5, 5.41) is 9.14. The van der Waals surface area contributed by atoms with Crippen molar-refractivity contribution < 1.29 is 9.84 Å². The molecule has 0 aromatic rings. The Balaban J connectivity index is 2.28. The Morgan fingerprint density at radius 2 is 2.30 bits per heavy atom. The van der Waals surface area contributed by atoms with Crippen molar-refractivity contribution in [2.24, 2.45) is 0 Å². The van der Waals surface area contributed by atoms with E-state index in [1.54, 1.807) is 6.92 Å². The highest BCUT2D eigenvalue weighted by Crippen LogP contribution is 2.23. The van der Waals surface area contributed by atoms with Gasteiger partial charge in [-0.25, -0.2) is 0 Å². The van der Waals surface area contributed by atoms with Crippen LogP contribution in [0.15, 0.2) is 0 Å². The van der Waals surface area contributed by atoms with E-state index in [2.05, 4.69) is 6.92 Å². The van der Waals surface area contributed by atoms with E-state index < -0.39 is 0 Å². The molecular weight excluding hydrogens is 128 g/mol. The number of aliphatic hydroxyl groups is 1. The van der Waals surface area contributed by atoms with Gasteiger partial charge in [-0.15, -0.1) is 0 Å². The average Bonchev–Trinajstić information content (AvgIpc) is 2.34. The normalized spacial score (nSPS) is 36.3. The number of hydrogen-bond donors (Lipinski definition) is 1. The summed E-state index contributed by atoms with van der Waals surface area (Å²) in [7, 11) is 0. The fourth-order valence-electron chi connectivity index (χ4n) is 1.39. The summed E-state index contributed by atoms with van der Waals surface area (Å²) < 4.78 is 5.52. The molecule has 1 aliphatic heterocycles. The van der Waals surface area contributed by atoms with Crippen molar-refractivity contribution in [1.82, 2.24) is 0 Å². The molecule has 0 amide bonds. The second-order valence-electron chi connectivity index (χ2n) is 3.02. The molecule has 2 heteroatoms. The number of rotatable bonds is 2. The highest BCUT2D eigenvalue weighted by molar-refractivity contribution is 4.75. The van der Waals surface area contributed by atoms with Crippen LogP contribution in [0, 0.1) is 0 Å². The first-order valence-corrected chi connectivity index (χ1v) is 4.07. The minimum absolute atomic E-state index is 0.102. The van der Waals surface area contributed by atoms with Crippen LogP contribution in [-0.2, 0) is 4.74 Å². The first-order chi connectivity index (χ1) is 4.74. The van der Waals surface area contributed by atoms with E-state index in [-0.39, 0.29) is 12.2 Å². The van der Waals surface area contributed by atoms with Crippen LogP contribution >= 0.6 is 0 Å². The molecule has 1 rings (SSSR count). The second kappa shape index (κ2) is 3.35. The quantitative estimate of drug-likeness (QED) is 0.633. The van der Waals surface area contributed by atoms with Crippen LogP contribution in [0.1, 0.15) is 33.1 Å². The third kappa shape index (κ3) is 1.70. The molecule has 10 heavy (non-hydrogen) atoms. The van der Waals surface area contributed by atoms with Gasteiger partial charge < -0.3 is 9.84 Å². The Kier molecular flexibility index (Phi) is 2.69. The lowest BCUT2D eigenvalue weighted by molar-refractivity contribution is -0.0271. The molecule has 0 aromatic heterocycles. The van der Waals surface area contributed by atoms with E-state index in [9.17, 15) is 0 Å². The lowest BCUT2D eigenvalue weighted by Gasteiger charge is -2.14. The summed E-state index contributed by atoms with van der Waals surface area (Å²) >= 11 is 0. The maximum Gasteiger partial charge on any atom is 0.0835 e. The zero-order chi connectivity index (χ0) is 7.56. The molecule has 1 N–H and O–H groups in total. The minimum atomic E-state index is -0.295. The molecule has 0 saturated carbocycles. The van der Waals surface area contributed by atoms with Crippen molar-refractivity contribution in [2.45, 2.75) is 51.4 Å². The molecule has 0 aliphatic carbocycles. The summed E-state index contributed by atoms with van der Waals surface area (Å²) in [4.78, 5) is 0. The third-order valence-electron chi connectivity index (χ3n) is 2.13. The fourth-order valence-corrected chi connectivity index (χ4v) is 1.39. The Hall–Kier alpha value is -0.0800. The molecule has 0 radical (unpaired) electrons. The summed E-state index contributed by atoms with van der Waals surface area (Å²) in [6.07, 6.45) is 3.42. The van der Waals surface area contributed by atoms with Gasteiger partial charge in [-0.1, -0.05) is 6.92 Å². The standard InChI is InChI=1S/C8H16O2/c1-3-7-4-5-8(10-7)6(2)9/h6-9H,3-5H2,1-2H3/t6-,7+,8-/m1/s1. The van der Waals surface area contributed by atoms with Gasteiger partial charge in [0.25, 0.3) is 0 Å². The van der Waals surface area contributed by atoms with Crippen LogP contribution in [0.2, 0.25) is 0 Å². The predicted octanol–water partition coefficient (Wildman–Crippen LogP) is 1.32. The van der Waals surface area contributed by atoms with Crippen LogP contribution in [0.25, 0.3) is 0 Å². The topological polar surface area (TPSA) is 29.5 Å². The molecule has 2 nitrogen and oxygen atoms in total. The van der Waals surface area contributed by atoms with E-state index in [1.165, 1.54) is 0 Å². The van der Waals surface area contributed by atoms with Crippen LogP contribution in [0.5, 0.6) is 0 Å². The maximum absolute atomic E-state index is 9.14. The molecule has 1 fully saturated rings. The molecule has 0 bridgehead atoms. The maximum atomic E-state index is 9.14. The van der Waals surface area contributed by atoms with Gasteiger partial charge in [0.05, 0.1) is 18.3 Å². The number of hydrogen-bond acceptors (Lipinski definition) is 2. The number of ether oxygens (including phenoxy) is 1. The van der Waals surface area contributed by atoms with Crippen LogP contribution < -0.4 is 0 Å². The van der Waals surface area contributed by atoms with Crippen molar-refractivity contribution in [3.63, 3.8) is 0 Å². The van der Waals surface area contributed by atoms with Gasteiger partial charge in [0.2, 0.25) is 0 Å². The van der Waals surface area contributed by atoms with Crippen molar-refractivity contribution in [2.75, 3.05) is 0 Å². The van der Waals surface area contributed by atoms with Crippen molar-refractivity contribution in [3.8, 4) is 0 Å². The van der Waals surface area contributed by atoms with Gasteiger partial charge in [-0.3, -0.25) is 0 Å². The van der Waals surface area contributed by atoms with Crippen molar-refractivity contribution in [3.05, 3.63) is 0 Å². The SMILES string of the molecule is CC[C@H]1CC[C@H]([C@@H](C)O)O1. The van der Waals surface area contributed by atoms with E-state index in [0.717, 1.165) is 19.3 Å². The largest absolute Gasteiger partial charge is 0.391 e. The Bertz CT molecular complexity index is 101. The Morgan fingerprint density at radius 3 is 2.60 bits per heavy atom. The highest BCUT2D eigenvalue weighted by Gasteiger charge is 2.26. The van der Waals surface area contributed by atoms with Gasteiger partial charge >= 0.3 is 0 Å². The smallest absolute Gasteiger partial charge is 0.0835 e. The summed E-state index contributed by atoms with van der Waals surface area (Å²) in [5.74, 6) is 0. The van der Waals surface area contributed by atoms with Crippen molar-refractivity contribution >= 4 is 0 Å². The monoisotopic (exact) mass is 144 g/mol. The van der Waals surface area contributed by atoms with E-state index in [0.29, 0.717) is 6.10 Å². The zero-order valence-electron chi connectivity index (χ0n) is 6.71. The van der Waals surface area contributed by atoms with Gasteiger partial charge in [-0.2, -0.15) is 0 Å². The fraction of sp³-hybridized carbons (Fsp3) is 1.00. The van der Waals surface area contributed by atoms with Crippen molar-refractivity contribution in [1.29, 1.82) is 0 Å². The van der Waals surface area contributed by atoms with Gasteiger partial charge in [-0.05, 0) is 26.2 Å². The predicted molar refractivity (Wildman–Crippen MR) is 39.9 cm³/mol. The van der Waals surface area contributed by atoms with Crippen LogP contribution in [0.3, 0.4) is 0 Å². The molecular formula is C8H16O2. The second-order valence-corrected chi connectivity index (χ2v) is 3.02. The van der Waals surface area contributed by atoms with Crippen LogP contribution in [-0.4, -0.2) is 23.4 Å². The molecule has 0 unspecified atom stereocenters. The van der Waals surface area contributed by atoms with Crippen LogP contribution in [0.4, 0.5) is 0 Å². The third-order valence-corrected chi connectivity index (χ3v) is 2.13. The lowest BCUT2D eigenvalue weighted by Crippen LogP contribution is -2.22. The molecule has 0 aromatic carbocycles. The molecule has 3 atom stereocenters. The zero-order valence-corrected chi connectivity index (χ0v) is 6.71. The summed E-state index contributed by atoms with van der Waals surface area (Å²) in [6, 6.07) is 0. The summed E-state index contributed by atoms with van der Waals surface area (Å²) in [6.45, 7) is 3.91. The van der Waals surface area contributed by atoms with Gasteiger partial charge in [0, 0.05) is 0 Å². The first-order valence-electron chi connectivity index (χ1n) is 4.07. The first kappa shape index (κ1) is 8.02. The van der Waals surface area contributed by atoms with E-state index in [1.807, 2.05) is 0 Å². The minimum Gasteiger partial charge on any atom is -0.391 e. The lowest BCUT2D eigenvalue weighted by atomic mass is 10.1.